The summed E-state index contributed by atoms with van der Waals surface area (Å²) in [5.74, 6) is 0.497. The molecule has 1 aromatic carbocycles. The quantitative estimate of drug-likeness (QED) is 0.848. The zero-order valence-electron chi connectivity index (χ0n) is 10.7. The molecule has 2 unspecified atom stereocenters. The van der Waals surface area contributed by atoms with E-state index >= 15 is 0 Å². The molecular formula is C15H23NO. The lowest BCUT2D eigenvalue weighted by molar-refractivity contribution is 0.181. The van der Waals surface area contributed by atoms with E-state index < -0.39 is 0 Å². The van der Waals surface area contributed by atoms with Crippen LogP contribution in [0, 0.1) is 5.92 Å². The largest absolute Gasteiger partial charge is 0.381 e. The molecule has 1 aliphatic rings. The molecule has 1 aromatic rings. The highest BCUT2D eigenvalue weighted by Crippen LogP contribution is 2.26. The van der Waals surface area contributed by atoms with Crippen LogP contribution in [0.15, 0.2) is 24.3 Å². The van der Waals surface area contributed by atoms with Crippen molar-refractivity contribution >= 4 is 0 Å². The van der Waals surface area contributed by atoms with Gasteiger partial charge in [0.15, 0.2) is 0 Å². The second-order valence-corrected chi connectivity index (χ2v) is 4.99. The zero-order chi connectivity index (χ0) is 12.1. The van der Waals surface area contributed by atoms with Gasteiger partial charge in [0, 0.05) is 18.6 Å². The van der Waals surface area contributed by atoms with Crippen LogP contribution < -0.4 is 5.73 Å². The molecule has 2 N–H and O–H groups in total. The summed E-state index contributed by atoms with van der Waals surface area (Å²) in [5.41, 5.74) is 8.94. The van der Waals surface area contributed by atoms with E-state index in [4.69, 9.17) is 10.5 Å². The highest BCUT2D eigenvalue weighted by atomic mass is 16.5. The molecule has 0 bridgehead atoms. The summed E-state index contributed by atoms with van der Waals surface area (Å²) < 4.78 is 5.40. The average molecular weight is 233 g/mol. The maximum Gasteiger partial charge on any atom is 0.0513 e. The van der Waals surface area contributed by atoms with E-state index in [0.29, 0.717) is 5.92 Å². The molecule has 0 aliphatic carbocycles. The molecule has 0 saturated carbocycles. The maximum absolute atomic E-state index is 6.27. The van der Waals surface area contributed by atoms with E-state index in [1.165, 1.54) is 30.4 Å². The van der Waals surface area contributed by atoms with Crippen molar-refractivity contribution in [2.24, 2.45) is 11.7 Å². The lowest BCUT2D eigenvalue weighted by Gasteiger charge is -2.18. The maximum atomic E-state index is 6.27. The van der Waals surface area contributed by atoms with Crippen molar-refractivity contribution in [1.82, 2.24) is 0 Å². The Morgan fingerprint density at radius 1 is 1.35 bits per heavy atom. The van der Waals surface area contributed by atoms with Gasteiger partial charge in [-0.1, -0.05) is 37.6 Å². The van der Waals surface area contributed by atoms with Crippen LogP contribution in [0.2, 0.25) is 0 Å². The molecule has 1 heterocycles. The van der Waals surface area contributed by atoms with Crippen LogP contribution in [0.3, 0.4) is 0 Å². The summed E-state index contributed by atoms with van der Waals surface area (Å²) in [7, 11) is 0. The number of ether oxygens (including phenoxy) is 1. The Bertz CT molecular complexity index is 327. The lowest BCUT2D eigenvalue weighted by Crippen LogP contribution is -2.21. The SMILES string of the molecule is CCCCc1ccc(C(N)C2CCOC2)cc1. The first-order valence-electron chi connectivity index (χ1n) is 6.73. The Hall–Kier alpha value is -0.860. The Balaban J connectivity index is 1.96. The fraction of sp³-hybridized carbons (Fsp3) is 0.600. The first-order valence-corrected chi connectivity index (χ1v) is 6.73. The molecule has 2 rings (SSSR count). The van der Waals surface area contributed by atoms with Gasteiger partial charge >= 0.3 is 0 Å². The minimum absolute atomic E-state index is 0.137. The second-order valence-electron chi connectivity index (χ2n) is 4.99. The van der Waals surface area contributed by atoms with E-state index in [1.54, 1.807) is 0 Å². The normalized spacial score (nSPS) is 21.6. The number of nitrogens with two attached hydrogens (primary N) is 1. The highest BCUT2D eigenvalue weighted by molar-refractivity contribution is 5.25. The number of benzene rings is 1. The molecule has 94 valence electrons. The number of aryl methyl sites for hydroxylation is 1. The molecule has 0 amide bonds. The predicted octanol–water partition coefficient (Wildman–Crippen LogP) is 3.07. The minimum Gasteiger partial charge on any atom is -0.381 e. The fourth-order valence-electron chi connectivity index (χ4n) is 2.40. The van der Waals surface area contributed by atoms with Gasteiger partial charge in [-0.25, -0.2) is 0 Å². The molecule has 1 fully saturated rings. The van der Waals surface area contributed by atoms with Crippen molar-refractivity contribution in [3.63, 3.8) is 0 Å². The highest BCUT2D eigenvalue weighted by Gasteiger charge is 2.23. The molecule has 1 saturated heterocycles. The van der Waals surface area contributed by atoms with Gasteiger partial charge in [0.25, 0.3) is 0 Å². The first kappa shape index (κ1) is 12.6. The van der Waals surface area contributed by atoms with E-state index in [0.717, 1.165) is 19.6 Å². The Morgan fingerprint density at radius 3 is 2.71 bits per heavy atom. The van der Waals surface area contributed by atoms with Crippen LogP contribution in [0.25, 0.3) is 0 Å². The Labute approximate surface area is 104 Å². The van der Waals surface area contributed by atoms with Crippen LogP contribution in [0.1, 0.15) is 43.4 Å². The van der Waals surface area contributed by atoms with Gasteiger partial charge in [0.05, 0.1) is 6.61 Å². The Morgan fingerprint density at radius 2 is 2.12 bits per heavy atom. The van der Waals surface area contributed by atoms with Crippen molar-refractivity contribution in [3.8, 4) is 0 Å². The van der Waals surface area contributed by atoms with Gasteiger partial charge in [-0.15, -0.1) is 0 Å². The molecule has 2 atom stereocenters. The third-order valence-electron chi connectivity index (χ3n) is 3.66. The third kappa shape index (κ3) is 3.30. The van der Waals surface area contributed by atoms with Crippen LogP contribution in [-0.2, 0) is 11.2 Å². The molecule has 17 heavy (non-hydrogen) atoms. The number of hydrogen-bond donors (Lipinski definition) is 1. The summed E-state index contributed by atoms with van der Waals surface area (Å²) in [4.78, 5) is 0. The first-order chi connectivity index (χ1) is 8.31. The van der Waals surface area contributed by atoms with Gasteiger partial charge in [-0.3, -0.25) is 0 Å². The third-order valence-corrected chi connectivity index (χ3v) is 3.66. The fourth-order valence-corrected chi connectivity index (χ4v) is 2.40. The number of unbranched alkanes of at least 4 members (excludes halogenated alkanes) is 1. The summed E-state index contributed by atoms with van der Waals surface area (Å²) >= 11 is 0. The monoisotopic (exact) mass is 233 g/mol. The molecule has 0 spiro atoms. The summed E-state index contributed by atoms with van der Waals surface area (Å²) in [6.45, 7) is 3.91. The van der Waals surface area contributed by atoms with Crippen molar-refractivity contribution in [3.05, 3.63) is 35.4 Å². The smallest absolute Gasteiger partial charge is 0.0513 e. The van der Waals surface area contributed by atoms with E-state index in [2.05, 4.69) is 31.2 Å². The Kier molecular flexibility index (Phi) is 4.57. The van der Waals surface area contributed by atoms with E-state index in [9.17, 15) is 0 Å². The molecule has 1 aliphatic heterocycles. The van der Waals surface area contributed by atoms with Crippen LogP contribution >= 0.6 is 0 Å². The van der Waals surface area contributed by atoms with Crippen LogP contribution in [0.5, 0.6) is 0 Å². The summed E-state index contributed by atoms with van der Waals surface area (Å²) in [5, 5.41) is 0. The molecule has 0 aromatic heterocycles. The van der Waals surface area contributed by atoms with E-state index in [-0.39, 0.29) is 6.04 Å². The van der Waals surface area contributed by atoms with Crippen molar-refractivity contribution < 1.29 is 4.74 Å². The van der Waals surface area contributed by atoms with Gasteiger partial charge in [-0.05, 0) is 30.4 Å². The van der Waals surface area contributed by atoms with Crippen molar-refractivity contribution in [1.29, 1.82) is 0 Å². The molecule has 0 radical (unpaired) electrons. The zero-order valence-corrected chi connectivity index (χ0v) is 10.7. The summed E-state index contributed by atoms with van der Waals surface area (Å²) in [6, 6.07) is 8.96. The molecular weight excluding hydrogens is 210 g/mol. The van der Waals surface area contributed by atoms with Crippen molar-refractivity contribution in [2.45, 2.75) is 38.6 Å². The number of hydrogen-bond acceptors (Lipinski definition) is 2. The van der Waals surface area contributed by atoms with Crippen LogP contribution in [0.4, 0.5) is 0 Å². The van der Waals surface area contributed by atoms with Crippen molar-refractivity contribution in [2.75, 3.05) is 13.2 Å². The van der Waals surface area contributed by atoms with Gasteiger partial charge in [-0.2, -0.15) is 0 Å². The average Bonchev–Trinajstić information content (AvgIpc) is 2.90. The minimum atomic E-state index is 0.137. The summed E-state index contributed by atoms with van der Waals surface area (Å²) in [6.07, 6.45) is 4.79. The number of rotatable bonds is 5. The van der Waals surface area contributed by atoms with Gasteiger partial charge in [0.2, 0.25) is 0 Å². The molecule has 2 nitrogen and oxygen atoms in total. The lowest BCUT2D eigenvalue weighted by atomic mass is 9.92. The van der Waals surface area contributed by atoms with Gasteiger partial charge in [0.1, 0.15) is 0 Å². The molecule has 2 heteroatoms. The van der Waals surface area contributed by atoms with E-state index in [1.807, 2.05) is 0 Å². The van der Waals surface area contributed by atoms with Crippen LogP contribution in [-0.4, -0.2) is 13.2 Å². The topological polar surface area (TPSA) is 35.2 Å². The standard InChI is InChI=1S/C15H23NO/c1-2-3-4-12-5-7-13(8-6-12)15(16)14-9-10-17-11-14/h5-8,14-15H,2-4,9-11,16H2,1H3. The van der Waals surface area contributed by atoms with Gasteiger partial charge < -0.3 is 10.5 Å². The predicted molar refractivity (Wildman–Crippen MR) is 70.9 cm³/mol. The second kappa shape index (κ2) is 6.18.